The molecule has 2 aromatic rings. The van der Waals surface area contributed by atoms with E-state index in [0.29, 0.717) is 11.7 Å². The molecule has 0 unspecified atom stereocenters. The Bertz CT molecular complexity index is 593. The number of hydrogen-bond acceptors (Lipinski definition) is 5. The van der Waals surface area contributed by atoms with Gasteiger partial charge in [-0.25, -0.2) is 0 Å². The summed E-state index contributed by atoms with van der Waals surface area (Å²) in [4.78, 5) is 18.9. The van der Waals surface area contributed by atoms with Crippen molar-refractivity contribution in [3.8, 4) is 0 Å². The highest BCUT2D eigenvalue weighted by Gasteiger charge is 2.35. The molecule has 2 aromatic heterocycles. The Morgan fingerprint density at radius 3 is 3.10 bits per heavy atom. The van der Waals surface area contributed by atoms with E-state index in [9.17, 15) is 4.79 Å². The van der Waals surface area contributed by atoms with Crippen LogP contribution in [0, 0.1) is 6.92 Å². The Kier molecular flexibility index (Phi) is 3.56. The first kappa shape index (κ1) is 13.3. The molecule has 3 heterocycles. The number of amides is 1. The van der Waals surface area contributed by atoms with Gasteiger partial charge in [-0.15, -0.1) is 0 Å². The number of carbonyl (C=O) groups is 1. The average Bonchev–Trinajstić information content (AvgIpc) is 3.17. The van der Waals surface area contributed by atoms with E-state index in [1.165, 1.54) is 0 Å². The van der Waals surface area contributed by atoms with Gasteiger partial charge in [-0.05, 0) is 42.2 Å². The van der Waals surface area contributed by atoms with Crippen molar-refractivity contribution in [1.82, 2.24) is 15.0 Å². The first-order chi connectivity index (χ1) is 9.66. The summed E-state index contributed by atoms with van der Waals surface area (Å²) in [5.74, 6) is 1.21. The molecule has 0 saturated carbocycles. The summed E-state index contributed by atoms with van der Waals surface area (Å²) in [7, 11) is 0. The van der Waals surface area contributed by atoms with Crippen LogP contribution in [0.1, 0.15) is 49.0 Å². The van der Waals surface area contributed by atoms with Crippen LogP contribution in [0.3, 0.4) is 0 Å². The zero-order valence-electron chi connectivity index (χ0n) is 11.6. The summed E-state index contributed by atoms with van der Waals surface area (Å²) in [5.41, 5.74) is 1.08. The molecule has 20 heavy (non-hydrogen) atoms. The van der Waals surface area contributed by atoms with Crippen LogP contribution in [0.2, 0.25) is 0 Å². The monoisotopic (exact) mass is 291 g/mol. The molecule has 5 nitrogen and oxygen atoms in total. The average molecular weight is 291 g/mol. The first-order valence-electron chi connectivity index (χ1n) is 6.79. The molecular weight excluding hydrogens is 274 g/mol. The summed E-state index contributed by atoms with van der Waals surface area (Å²) in [6.07, 6.45) is 1.89. The zero-order chi connectivity index (χ0) is 14.1. The van der Waals surface area contributed by atoms with Crippen LogP contribution in [0.4, 0.5) is 0 Å². The number of carbonyl (C=O) groups excluding carboxylic acids is 1. The summed E-state index contributed by atoms with van der Waals surface area (Å²) in [5, 5.41) is 8.01. The van der Waals surface area contributed by atoms with E-state index in [2.05, 4.69) is 10.1 Å². The fraction of sp³-hybridized carbons (Fsp3) is 0.500. The van der Waals surface area contributed by atoms with Crippen molar-refractivity contribution in [1.29, 1.82) is 0 Å². The largest absolute Gasteiger partial charge is 0.340 e. The quantitative estimate of drug-likeness (QED) is 0.872. The van der Waals surface area contributed by atoms with E-state index in [1.807, 2.05) is 28.7 Å². The minimum atomic E-state index is -0.116. The van der Waals surface area contributed by atoms with Gasteiger partial charge in [0.05, 0.1) is 12.0 Å². The Balaban J connectivity index is 1.80. The number of hydrogen-bond donors (Lipinski definition) is 0. The molecule has 0 aliphatic carbocycles. The molecular formula is C14H17N3O2S. The lowest BCUT2D eigenvalue weighted by molar-refractivity contribution is -0.133. The van der Waals surface area contributed by atoms with Crippen molar-refractivity contribution < 1.29 is 9.32 Å². The highest BCUT2D eigenvalue weighted by atomic mass is 32.1. The minimum Gasteiger partial charge on any atom is -0.340 e. The first-order valence-corrected chi connectivity index (χ1v) is 7.74. The molecule has 1 aliphatic rings. The maximum absolute atomic E-state index is 12.7. The summed E-state index contributed by atoms with van der Waals surface area (Å²) >= 11 is 1.62. The predicted molar refractivity (Wildman–Crippen MR) is 75.5 cm³/mol. The highest BCUT2D eigenvalue weighted by molar-refractivity contribution is 7.08. The van der Waals surface area contributed by atoms with Crippen LogP contribution in [0.25, 0.3) is 0 Å². The van der Waals surface area contributed by atoms with Gasteiger partial charge in [0.1, 0.15) is 0 Å². The molecule has 1 amide bonds. The third kappa shape index (κ3) is 2.35. The van der Waals surface area contributed by atoms with Gasteiger partial charge >= 0.3 is 0 Å². The molecule has 0 bridgehead atoms. The van der Waals surface area contributed by atoms with Crippen LogP contribution >= 0.6 is 11.3 Å². The lowest BCUT2D eigenvalue weighted by atomic mass is 10.0. The minimum absolute atomic E-state index is 0.0407. The molecule has 0 radical (unpaired) electrons. The van der Waals surface area contributed by atoms with Crippen LogP contribution in [0.15, 0.2) is 21.3 Å². The van der Waals surface area contributed by atoms with Crippen molar-refractivity contribution in [2.75, 3.05) is 6.54 Å². The number of rotatable bonds is 3. The molecule has 1 saturated heterocycles. The number of nitrogens with zero attached hydrogens (tertiary/aromatic N) is 3. The van der Waals surface area contributed by atoms with E-state index < -0.39 is 0 Å². The standard InChI is InChI=1S/C14H17N3O2S/c1-9(11-5-7-20-8-11)14(18)17-6-3-4-12(17)13-15-10(2)19-16-13/h5,7-9,12H,3-4,6H2,1-2H3/t9-,12+/m0/s1. The Labute approximate surface area is 121 Å². The predicted octanol–water partition coefficient (Wildman–Crippen LogP) is 2.91. The molecule has 0 aromatic carbocycles. The molecule has 6 heteroatoms. The number of aromatic nitrogens is 2. The number of aryl methyl sites for hydroxylation is 1. The normalized spacial score (nSPS) is 20.3. The summed E-state index contributed by atoms with van der Waals surface area (Å²) in [6, 6.07) is 1.97. The van der Waals surface area contributed by atoms with Crippen molar-refractivity contribution in [3.63, 3.8) is 0 Å². The second kappa shape index (κ2) is 5.36. The molecule has 1 fully saturated rings. The van der Waals surface area contributed by atoms with Gasteiger partial charge < -0.3 is 9.42 Å². The highest BCUT2D eigenvalue weighted by Crippen LogP contribution is 2.33. The van der Waals surface area contributed by atoms with Gasteiger partial charge in [0.2, 0.25) is 11.8 Å². The van der Waals surface area contributed by atoms with Crippen molar-refractivity contribution in [2.45, 2.75) is 38.6 Å². The Morgan fingerprint density at radius 1 is 1.60 bits per heavy atom. The number of thiophene rings is 1. The smallest absolute Gasteiger partial charge is 0.230 e. The topological polar surface area (TPSA) is 59.2 Å². The Morgan fingerprint density at radius 2 is 2.45 bits per heavy atom. The van der Waals surface area contributed by atoms with E-state index >= 15 is 0 Å². The van der Waals surface area contributed by atoms with Gasteiger partial charge in [0.25, 0.3) is 0 Å². The lowest BCUT2D eigenvalue weighted by Gasteiger charge is -2.25. The van der Waals surface area contributed by atoms with Crippen LogP contribution in [-0.4, -0.2) is 27.5 Å². The third-order valence-corrected chi connectivity index (χ3v) is 4.49. The van der Waals surface area contributed by atoms with E-state index in [-0.39, 0.29) is 17.9 Å². The van der Waals surface area contributed by atoms with Crippen molar-refractivity contribution >= 4 is 17.2 Å². The van der Waals surface area contributed by atoms with Gasteiger partial charge in [-0.3, -0.25) is 4.79 Å². The van der Waals surface area contributed by atoms with E-state index in [1.54, 1.807) is 18.3 Å². The molecule has 106 valence electrons. The van der Waals surface area contributed by atoms with Gasteiger partial charge in [-0.2, -0.15) is 16.3 Å². The second-order valence-corrected chi connectivity index (χ2v) is 5.92. The molecule has 0 spiro atoms. The van der Waals surface area contributed by atoms with Crippen LogP contribution in [0.5, 0.6) is 0 Å². The van der Waals surface area contributed by atoms with Crippen molar-refractivity contribution in [2.24, 2.45) is 0 Å². The lowest BCUT2D eigenvalue weighted by Crippen LogP contribution is -2.34. The fourth-order valence-electron chi connectivity index (χ4n) is 2.66. The van der Waals surface area contributed by atoms with Crippen LogP contribution in [-0.2, 0) is 4.79 Å². The summed E-state index contributed by atoms with van der Waals surface area (Å²) < 4.78 is 5.04. The Hall–Kier alpha value is -1.69. The molecule has 0 N–H and O–H groups in total. The maximum Gasteiger partial charge on any atom is 0.230 e. The third-order valence-electron chi connectivity index (χ3n) is 3.79. The summed E-state index contributed by atoms with van der Waals surface area (Å²) in [6.45, 7) is 4.50. The van der Waals surface area contributed by atoms with Gasteiger partial charge in [-0.1, -0.05) is 5.16 Å². The molecule has 2 atom stereocenters. The zero-order valence-corrected chi connectivity index (χ0v) is 12.4. The van der Waals surface area contributed by atoms with Crippen molar-refractivity contribution in [3.05, 3.63) is 34.1 Å². The van der Waals surface area contributed by atoms with Crippen LogP contribution < -0.4 is 0 Å². The molecule has 1 aliphatic heterocycles. The van der Waals surface area contributed by atoms with E-state index in [4.69, 9.17) is 4.52 Å². The van der Waals surface area contributed by atoms with Gasteiger partial charge in [0.15, 0.2) is 5.82 Å². The number of likely N-dealkylation sites (tertiary alicyclic amines) is 1. The van der Waals surface area contributed by atoms with Gasteiger partial charge in [0, 0.05) is 13.5 Å². The maximum atomic E-state index is 12.7. The second-order valence-electron chi connectivity index (χ2n) is 5.14. The fourth-order valence-corrected chi connectivity index (χ4v) is 3.42. The SMILES string of the molecule is Cc1nc([C@H]2CCCN2C(=O)[C@@H](C)c2ccsc2)no1. The molecule has 3 rings (SSSR count). The van der Waals surface area contributed by atoms with E-state index in [0.717, 1.165) is 24.9 Å².